The number of carbonyl (C=O) groups is 1. The van der Waals surface area contributed by atoms with Crippen molar-refractivity contribution in [1.82, 2.24) is 10.2 Å². The van der Waals surface area contributed by atoms with Gasteiger partial charge in [0.25, 0.3) is 5.91 Å². The lowest BCUT2D eigenvalue weighted by molar-refractivity contribution is 0.0773. The molecule has 0 radical (unpaired) electrons. The van der Waals surface area contributed by atoms with Crippen LogP contribution in [0.1, 0.15) is 57.8 Å². The molecule has 2 unspecified atom stereocenters. The van der Waals surface area contributed by atoms with Crippen molar-refractivity contribution in [2.24, 2.45) is 0 Å². The fraction of sp³-hybridized carbons (Fsp3) is 0.500. The van der Waals surface area contributed by atoms with Gasteiger partial charge in [-0.3, -0.25) is 4.79 Å². The zero-order valence-electron chi connectivity index (χ0n) is 20.3. The van der Waals surface area contributed by atoms with E-state index in [-0.39, 0.29) is 11.9 Å². The second kappa shape index (κ2) is 11.1. The fourth-order valence-electron chi connectivity index (χ4n) is 4.49. The Morgan fingerprint density at radius 3 is 2.50 bits per heavy atom. The van der Waals surface area contributed by atoms with Crippen molar-refractivity contribution in [3.63, 3.8) is 0 Å². The Hall–Kier alpha value is -2.18. The van der Waals surface area contributed by atoms with Crippen molar-refractivity contribution in [3.8, 4) is 5.75 Å². The summed E-state index contributed by atoms with van der Waals surface area (Å²) in [7, 11) is 1.72. The highest BCUT2D eigenvalue weighted by atomic mass is 32.2. The first-order valence-corrected chi connectivity index (χ1v) is 12.6. The highest BCUT2D eigenvalue weighted by Crippen LogP contribution is 2.53. The van der Waals surface area contributed by atoms with Gasteiger partial charge < -0.3 is 19.9 Å². The molecule has 0 fully saturated rings. The van der Waals surface area contributed by atoms with Crippen molar-refractivity contribution >= 4 is 29.0 Å². The van der Waals surface area contributed by atoms with Crippen LogP contribution in [0.15, 0.2) is 46.2 Å². The van der Waals surface area contributed by atoms with E-state index in [2.05, 4.69) is 55.3 Å². The van der Waals surface area contributed by atoms with Crippen molar-refractivity contribution < 1.29 is 9.53 Å². The minimum atomic E-state index is 0.0852. The van der Waals surface area contributed by atoms with E-state index < -0.39 is 0 Å². The molecule has 1 aliphatic heterocycles. The van der Waals surface area contributed by atoms with Gasteiger partial charge in [-0.2, -0.15) is 0 Å². The number of nitrogens with one attached hydrogen (secondary N) is 1. The summed E-state index contributed by atoms with van der Waals surface area (Å²) < 4.78 is 5.71. The van der Waals surface area contributed by atoms with Crippen LogP contribution in [0.3, 0.4) is 0 Å². The van der Waals surface area contributed by atoms with Gasteiger partial charge in [-0.05, 0) is 70.5 Å². The van der Waals surface area contributed by atoms with Gasteiger partial charge in [-0.1, -0.05) is 31.7 Å². The van der Waals surface area contributed by atoms with Gasteiger partial charge in [0.15, 0.2) is 0 Å². The molecule has 0 saturated carbocycles. The highest BCUT2D eigenvalue weighted by Gasteiger charge is 2.31. The van der Waals surface area contributed by atoms with Crippen molar-refractivity contribution in [1.29, 1.82) is 0 Å². The topological polar surface area (TPSA) is 44.8 Å². The average Bonchev–Trinajstić information content (AvgIpc) is 2.81. The van der Waals surface area contributed by atoms with E-state index in [1.165, 1.54) is 5.69 Å². The van der Waals surface area contributed by atoms with Gasteiger partial charge in [0, 0.05) is 35.6 Å². The minimum absolute atomic E-state index is 0.0852. The minimum Gasteiger partial charge on any atom is -0.495 e. The third kappa shape index (κ3) is 4.91. The van der Waals surface area contributed by atoms with Crippen LogP contribution in [0, 0.1) is 0 Å². The molecule has 174 valence electrons. The molecule has 6 heteroatoms. The molecule has 2 aromatic rings. The number of amides is 1. The Morgan fingerprint density at radius 2 is 1.88 bits per heavy atom. The molecule has 2 aromatic carbocycles. The molecule has 0 aromatic heterocycles. The molecule has 32 heavy (non-hydrogen) atoms. The van der Waals surface area contributed by atoms with E-state index in [0.29, 0.717) is 19.1 Å². The van der Waals surface area contributed by atoms with Crippen LogP contribution in [0.4, 0.5) is 11.4 Å². The molecular weight excluding hydrogens is 418 g/mol. The van der Waals surface area contributed by atoms with E-state index >= 15 is 0 Å². The normalized spacial score (nSPS) is 14.4. The SMILES string of the molecule is CCNC(CC)CC(C)N1c2ccc(C(=O)N(CC)CC)cc2Sc2c(OC)cccc21. The summed E-state index contributed by atoms with van der Waals surface area (Å²) in [4.78, 5) is 19.5. The van der Waals surface area contributed by atoms with Gasteiger partial charge in [0.05, 0.1) is 23.4 Å². The van der Waals surface area contributed by atoms with E-state index in [1.807, 2.05) is 30.9 Å². The number of nitrogens with zero attached hydrogens (tertiary/aromatic N) is 2. The van der Waals surface area contributed by atoms with Gasteiger partial charge >= 0.3 is 0 Å². The van der Waals surface area contributed by atoms with Gasteiger partial charge in [0.2, 0.25) is 0 Å². The largest absolute Gasteiger partial charge is 0.495 e. The standard InChI is InChI=1S/C26H37N3O2S/c1-7-20(27-8-2)16-18(5)29-21-15-14-19(26(30)28(9-3)10-4)17-24(21)32-25-22(29)12-11-13-23(25)31-6/h11-15,17-18,20,27H,7-10,16H2,1-6H3. The van der Waals surface area contributed by atoms with Crippen LogP contribution in [0.25, 0.3) is 0 Å². The van der Waals surface area contributed by atoms with E-state index in [4.69, 9.17) is 4.74 Å². The Kier molecular flexibility index (Phi) is 8.49. The maximum atomic E-state index is 13.0. The Balaban J connectivity index is 2.05. The van der Waals surface area contributed by atoms with Crippen LogP contribution in [0.5, 0.6) is 5.75 Å². The molecule has 1 N–H and O–H groups in total. The van der Waals surface area contributed by atoms with Gasteiger partial charge in [0.1, 0.15) is 5.75 Å². The Labute approximate surface area is 197 Å². The van der Waals surface area contributed by atoms with Crippen molar-refractivity contribution in [2.75, 3.05) is 31.6 Å². The zero-order chi connectivity index (χ0) is 23.3. The molecule has 1 amide bonds. The first-order valence-electron chi connectivity index (χ1n) is 11.8. The smallest absolute Gasteiger partial charge is 0.253 e. The maximum Gasteiger partial charge on any atom is 0.253 e. The predicted molar refractivity (Wildman–Crippen MR) is 135 cm³/mol. The number of hydrogen-bond donors (Lipinski definition) is 1. The van der Waals surface area contributed by atoms with E-state index in [9.17, 15) is 4.79 Å². The molecule has 2 atom stereocenters. The number of hydrogen-bond acceptors (Lipinski definition) is 5. The second-order valence-electron chi connectivity index (χ2n) is 8.19. The molecular formula is C26H37N3O2S. The van der Waals surface area contributed by atoms with Crippen LogP contribution < -0.4 is 15.0 Å². The summed E-state index contributed by atoms with van der Waals surface area (Å²) in [5.41, 5.74) is 3.07. The molecule has 1 heterocycles. The van der Waals surface area contributed by atoms with Crippen molar-refractivity contribution in [2.45, 2.75) is 69.3 Å². The Morgan fingerprint density at radius 1 is 1.12 bits per heavy atom. The molecule has 0 saturated heterocycles. The number of fused-ring (bicyclic) bond motifs is 2. The molecule has 0 aliphatic carbocycles. The number of anilines is 2. The monoisotopic (exact) mass is 455 g/mol. The number of carbonyl (C=O) groups excluding carboxylic acids is 1. The first-order chi connectivity index (χ1) is 15.5. The molecule has 5 nitrogen and oxygen atoms in total. The summed E-state index contributed by atoms with van der Waals surface area (Å²) in [5, 5.41) is 3.62. The van der Waals surface area contributed by atoms with E-state index in [1.54, 1.807) is 18.9 Å². The van der Waals surface area contributed by atoms with Crippen LogP contribution >= 0.6 is 11.8 Å². The molecule has 0 spiro atoms. The zero-order valence-corrected chi connectivity index (χ0v) is 21.1. The quantitative estimate of drug-likeness (QED) is 0.480. The lowest BCUT2D eigenvalue weighted by Gasteiger charge is -2.39. The number of rotatable bonds is 10. The number of methoxy groups -OCH3 is 1. The summed E-state index contributed by atoms with van der Waals surface area (Å²) >= 11 is 1.70. The van der Waals surface area contributed by atoms with E-state index in [0.717, 1.165) is 46.2 Å². The first kappa shape index (κ1) is 24.5. The van der Waals surface area contributed by atoms with Crippen LogP contribution in [-0.4, -0.2) is 49.6 Å². The lowest BCUT2D eigenvalue weighted by atomic mass is 10.0. The number of ether oxygens (including phenoxy) is 1. The number of benzene rings is 2. The van der Waals surface area contributed by atoms with Crippen LogP contribution in [-0.2, 0) is 0 Å². The Bertz CT molecular complexity index is 929. The molecule has 1 aliphatic rings. The molecule has 3 rings (SSSR count). The third-order valence-corrected chi connectivity index (χ3v) is 7.38. The lowest BCUT2D eigenvalue weighted by Crippen LogP contribution is -2.38. The third-order valence-electron chi connectivity index (χ3n) is 6.22. The summed E-state index contributed by atoms with van der Waals surface area (Å²) in [5.74, 6) is 0.955. The highest BCUT2D eigenvalue weighted by molar-refractivity contribution is 7.99. The second-order valence-corrected chi connectivity index (χ2v) is 9.24. The summed E-state index contributed by atoms with van der Waals surface area (Å²) in [6.45, 7) is 13.1. The summed E-state index contributed by atoms with van der Waals surface area (Å²) in [6.07, 6.45) is 2.13. The summed E-state index contributed by atoms with van der Waals surface area (Å²) in [6, 6.07) is 13.1. The predicted octanol–water partition coefficient (Wildman–Crippen LogP) is 5.95. The fourth-order valence-corrected chi connectivity index (χ4v) is 5.69. The maximum absolute atomic E-state index is 13.0. The average molecular weight is 456 g/mol. The molecule has 0 bridgehead atoms. The van der Waals surface area contributed by atoms with Gasteiger partial charge in [-0.25, -0.2) is 0 Å². The van der Waals surface area contributed by atoms with Gasteiger partial charge in [-0.15, -0.1) is 0 Å². The van der Waals surface area contributed by atoms with Crippen molar-refractivity contribution in [3.05, 3.63) is 42.0 Å². The van der Waals surface area contributed by atoms with Crippen LogP contribution in [0.2, 0.25) is 0 Å².